The summed E-state index contributed by atoms with van der Waals surface area (Å²) >= 11 is 0. The Morgan fingerprint density at radius 2 is 1.73 bits per heavy atom. The molecular formula is C10H18O. The van der Waals surface area contributed by atoms with Crippen molar-refractivity contribution in [3.63, 3.8) is 0 Å². The Bertz CT molecular complexity index is 121. The van der Waals surface area contributed by atoms with Crippen molar-refractivity contribution in [3.8, 4) is 0 Å². The van der Waals surface area contributed by atoms with Gasteiger partial charge in [-0.15, -0.1) is 0 Å². The summed E-state index contributed by atoms with van der Waals surface area (Å²) in [6.45, 7) is 4.57. The third-order valence-corrected chi connectivity index (χ3v) is 2.95. The topological polar surface area (TPSA) is 17.1 Å². The Kier molecular flexibility index (Phi) is 3.10. The molecule has 1 fully saturated rings. The molecule has 0 aromatic heterocycles. The number of carbonyl (C=O) groups is 1. The van der Waals surface area contributed by atoms with Crippen molar-refractivity contribution in [2.75, 3.05) is 0 Å². The Labute approximate surface area is 69.2 Å². The molecule has 1 rings (SSSR count). The summed E-state index contributed by atoms with van der Waals surface area (Å²) in [4.78, 5) is 10.4. The van der Waals surface area contributed by atoms with Gasteiger partial charge >= 0.3 is 0 Å². The first-order chi connectivity index (χ1) is 5.24. The maximum atomic E-state index is 10.4. The minimum absolute atomic E-state index is 0.380. The van der Waals surface area contributed by atoms with Crippen LogP contribution in [0, 0.1) is 17.8 Å². The molecule has 1 heteroatoms. The van der Waals surface area contributed by atoms with E-state index in [4.69, 9.17) is 0 Å². The van der Waals surface area contributed by atoms with E-state index < -0.39 is 0 Å². The van der Waals surface area contributed by atoms with E-state index in [1.54, 1.807) is 0 Å². The van der Waals surface area contributed by atoms with Crippen molar-refractivity contribution in [2.24, 2.45) is 17.8 Å². The summed E-state index contributed by atoms with van der Waals surface area (Å²) in [5.41, 5.74) is 0. The Morgan fingerprint density at radius 3 is 2.09 bits per heavy atom. The summed E-state index contributed by atoms with van der Waals surface area (Å²) in [6, 6.07) is 0. The van der Waals surface area contributed by atoms with E-state index in [0.717, 1.165) is 31.0 Å². The highest BCUT2D eigenvalue weighted by Crippen LogP contribution is 2.31. The molecule has 0 heterocycles. The lowest BCUT2D eigenvalue weighted by molar-refractivity contribution is -0.112. The molecule has 0 unspecified atom stereocenters. The van der Waals surface area contributed by atoms with Crippen LogP contribution in [-0.2, 0) is 4.79 Å². The van der Waals surface area contributed by atoms with Gasteiger partial charge in [0.05, 0.1) is 0 Å². The molecule has 0 radical (unpaired) electrons. The zero-order valence-electron chi connectivity index (χ0n) is 7.55. The van der Waals surface area contributed by atoms with Crippen LogP contribution in [-0.4, -0.2) is 6.29 Å². The van der Waals surface area contributed by atoms with E-state index >= 15 is 0 Å². The Morgan fingerprint density at radius 1 is 1.18 bits per heavy atom. The first kappa shape index (κ1) is 8.76. The second-order valence-corrected chi connectivity index (χ2v) is 4.05. The summed E-state index contributed by atoms with van der Waals surface area (Å²) in [6.07, 6.45) is 5.93. The average Bonchev–Trinajstić information content (AvgIpc) is 2.05. The molecule has 0 aromatic carbocycles. The highest BCUT2D eigenvalue weighted by molar-refractivity contribution is 5.53. The van der Waals surface area contributed by atoms with Gasteiger partial charge in [0.15, 0.2) is 0 Å². The third kappa shape index (κ3) is 2.32. The van der Waals surface area contributed by atoms with Gasteiger partial charge in [-0.05, 0) is 37.5 Å². The van der Waals surface area contributed by atoms with Crippen LogP contribution in [0.2, 0.25) is 0 Å². The summed E-state index contributed by atoms with van der Waals surface area (Å²) in [5.74, 6) is 2.07. The molecule has 0 aromatic rings. The highest BCUT2D eigenvalue weighted by Gasteiger charge is 2.22. The summed E-state index contributed by atoms with van der Waals surface area (Å²) < 4.78 is 0. The predicted molar refractivity (Wildman–Crippen MR) is 46.4 cm³/mol. The fraction of sp³-hybridized carbons (Fsp3) is 0.900. The molecule has 0 aliphatic heterocycles. The monoisotopic (exact) mass is 154 g/mol. The normalized spacial score (nSPS) is 32.3. The van der Waals surface area contributed by atoms with Crippen LogP contribution in [0.15, 0.2) is 0 Å². The number of hydrogen-bond acceptors (Lipinski definition) is 1. The number of carbonyl (C=O) groups excluding carboxylic acids is 1. The van der Waals surface area contributed by atoms with Crippen molar-refractivity contribution in [2.45, 2.75) is 39.5 Å². The fourth-order valence-electron chi connectivity index (χ4n) is 1.95. The van der Waals surface area contributed by atoms with Gasteiger partial charge in [0, 0.05) is 5.92 Å². The van der Waals surface area contributed by atoms with Crippen LogP contribution in [0.1, 0.15) is 39.5 Å². The first-order valence-corrected chi connectivity index (χ1v) is 4.69. The van der Waals surface area contributed by atoms with Crippen molar-refractivity contribution >= 4 is 6.29 Å². The molecule has 0 bridgehead atoms. The average molecular weight is 154 g/mol. The molecule has 0 spiro atoms. The molecule has 1 nitrogen and oxygen atoms in total. The van der Waals surface area contributed by atoms with Crippen LogP contribution in [0.25, 0.3) is 0 Å². The molecule has 64 valence electrons. The van der Waals surface area contributed by atoms with Gasteiger partial charge in [-0.2, -0.15) is 0 Å². The van der Waals surface area contributed by atoms with Gasteiger partial charge in [-0.1, -0.05) is 13.8 Å². The quantitative estimate of drug-likeness (QED) is 0.559. The van der Waals surface area contributed by atoms with Crippen LogP contribution in [0.4, 0.5) is 0 Å². The zero-order chi connectivity index (χ0) is 8.27. The van der Waals surface area contributed by atoms with Crippen LogP contribution in [0.3, 0.4) is 0 Å². The van der Waals surface area contributed by atoms with Crippen molar-refractivity contribution in [1.29, 1.82) is 0 Å². The second-order valence-electron chi connectivity index (χ2n) is 4.05. The standard InChI is InChI=1S/C10H18O/c1-8(2)10-5-3-9(7-11)4-6-10/h7-10H,3-6H2,1-2H3. The predicted octanol–water partition coefficient (Wildman–Crippen LogP) is 2.65. The minimum Gasteiger partial charge on any atom is -0.303 e. The molecule has 1 aliphatic rings. The third-order valence-electron chi connectivity index (χ3n) is 2.95. The summed E-state index contributed by atoms with van der Waals surface area (Å²) in [5, 5.41) is 0. The molecule has 0 saturated heterocycles. The van der Waals surface area contributed by atoms with E-state index in [2.05, 4.69) is 13.8 Å². The smallest absolute Gasteiger partial charge is 0.123 e. The maximum absolute atomic E-state index is 10.4. The lowest BCUT2D eigenvalue weighted by Gasteiger charge is -2.28. The fourth-order valence-corrected chi connectivity index (χ4v) is 1.95. The van der Waals surface area contributed by atoms with Crippen molar-refractivity contribution < 1.29 is 4.79 Å². The molecule has 0 atom stereocenters. The number of rotatable bonds is 2. The number of hydrogen-bond donors (Lipinski definition) is 0. The van der Waals surface area contributed by atoms with Crippen LogP contribution in [0.5, 0.6) is 0 Å². The maximum Gasteiger partial charge on any atom is 0.123 e. The Balaban J connectivity index is 2.29. The van der Waals surface area contributed by atoms with Gasteiger partial charge in [0.25, 0.3) is 0 Å². The second kappa shape index (κ2) is 3.89. The lowest BCUT2D eigenvalue weighted by atomic mass is 9.77. The first-order valence-electron chi connectivity index (χ1n) is 4.69. The van der Waals surface area contributed by atoms with Gasteiger partial charge in [0.1, 0.15) is 6.29 Å². The molecule has 0 N–H and O–H groups in total. The van der Waals surface area contributed by atoms with Gasteiger partial charge in [-0.25, -0.2) is 0 Å². The van der Waals surface area contributed by atoms with E-state index in [0.29, 0.717) is 5.92 Å². The van der Waals surface area contributed by atoms with Crippen molar-refractivity contribution in [3.05, 3.63) is 0 Å². The molecule has 1 saturated carbocycles. The molecule has 11 heavy (non-hydrogen) atoms. The Hall–Kier alpha value is -0.330. The zero-order valence-corrected chi connectivity index (χ0v) is 7.55. The lowest BCUT2D eigenvalue weighted by Crippen LogP contribution is -2.19. The van der Waals surface area contributed by atoms with Crippen LogP contribution < -0.4 is 0 Å². The minimum atomic E-state index is 0.380. The van der Waals surface area contributed by atoms with Gasteiger partial charge < -0.3 is 4.79 Å². The van der Waals surface area contributed by atoms with E-state index in [-0.39, 0.29) is 0 Å². The van der Waals surface area contributed by atoms with E-state index in [1.807, 2.05) is 0 Å². The largest absolute Gasteiger partial charge is 0.303 e. The number of aldehydes is 1. The van der Waals surface area contributed by atoms with Crippen molar-refractivity contribution in [1.82, 2.24) is 0 Å². The molecule has 1 aliphatic carbocycles. The van der Waals surface area contributed by atoms with Gasteiger partial charge in [-0.3, -0.25) is 0 Å². The summed E-state index contributed by atoms with van der Waals surface area (Å²) in [7, 11) is 0. The van der Waals surface area contributed by atoms with Gasteiger partial charge in [0.2, 0.25) is 0 Å². The van der Waals surface area contributed by atoms with E-state index in [9.17, 15) is 4.79 Å². The highest BCUT2D eigenvalue weighted by atomic mass is 16.1. The SMILES string of the molecule is CC(C)C1CCC(C=O)CC1. The molecular weight excluding hydrogens is 136 g/mol. The van der Waals surface area contributed by atoms with Crippen LogP contribution >= 0.6 is 0 Å². The van der Waals surface area contributed by atoms with E-state index in [1.165, 1.54) is 12.8 Å². The molecule has 0 amide bonds.